The molecule has 32 heavy (non-hydrogen) atoms. The van der Waals surface area contributed by atoms with E-state index in [9.17, 15) is 0 Å². The van der Waals surface area contributed by atoms with Gasteiger partial charge in [0.05, 0.1) is 5.69 Å². The van der Waals surface area contributed by atoms with Gasteiger partial charge >= 0.3 is 0 Å². The summed E-state index contributed by atoms with van der Waals surface area (Å²) in [6.45, 7) is 4.50. The summed E-state index contributed by atoms with van der Waals surface area (Å²) in [6.07, 6.45) is 5.63. The Bertz CT molecular complexity index is 1150. The number of ether oxygens (including phenoxy) is 1. The molecule has 2 aliphatic rings. The summed E-state index contributed by atoms with van der Waals surface area (Å²) in [6, 6.07) is 16.5. The maximum atomic E-state index is 7.49. The lowest BCUT2D eigenvalue weighted by Gasteiger charge is -2.54. The highest BCUT2D eigenvalue weighted by atomic mass is 16.5. The van der Waals surface area contributed by atoms with Crippen molar-refractivity contribution in [2.75, 3.05) is 30.8 Å². The third kappa shape index (κ3) is 3.94. The Morgan fingerprint density at radius 1 is 1.06 bits per heavy atom. The predicted molar refractivity (Wildman–Crippen MR) is 130 cm³/mol. The van der Waals surface area contributed by atoms with Crippen LogP contribution in [0.4, 0.5) is 11.4 Å². The van der Waals surface area contributed by atoms with Crippen molar-refractivity contribution in [1.82, 2.24) is 10.3 Å². The van der Waals surface area contributed by atoms with E-state index in [1.165, 1.54) is 43.4 Å². The van der Waals surface area contributed by atoms with Crippen molar-refractivity contribution in [2.24, 2.45) is 5.41 Å². The maximum Gasteiger partial charge on any atom is 0.131 e. The van der Waals surface area contributed by atoms with E-state index in [0.717, 1.165) is 28.3 Å². The lowest BCUT2D eigenvalue weighted by atomic mass is 9.61. The normalized spacial score (nSPS) is 16.7. The number of nitrogens with zero attached hydrogens (tertiary/aromatic N) is 1. The van der Waals surface area contributed by atoms with Gasteiger partial charge in [-0.25, -0.2) is 0 Å². The molecule has 0 radical (unpaired) electrons. The van der Waals surface area contributed by atoms with E-state index in [2.05, 4.69) is 46.1 Å². The van der Waals surface area contributed by atoms with Crippen LogP contribution in [-0.2, 0) is 0 Å². The van der Waals surface area contributed by atoms with Crippen LogP contribution in [0.2, 0.25) is 0 Å². The molecule has 1 aromatic heterocycles. The van der Waals surface area contributed by atoms with Gasteiger partial charge in [-0.3, -0.25) is 4.98 Å². The van der Waals surface area contributed by atoms with E-state index < -0.39 is 0 Å². The molecule has 6 nitrogen and oxygen atoms in total. The van der Waals surface area contributed by atoms with Crippen LogP contribution >= 0.6 is 0 Å². The van der Waals surface area contributed by atoms with Gasteiger partial charge in [0.2, 0.25) is 0 Å². The van der Waals surface area contributed by atoms with Crippen LogP contribution < -0.4 is 20.7 Å². The fraction of sp³-hybridized carbons (Fsp3) is 0.308. The molecule has 0 bridgehead atoms. The van der Waals surface area contributed by atoms with Gasteiger partial charge in [0.1, 0.15) is 11.5 Å². The molecule has 6 heteroatoms. The second-order valence-corrected chi connectivity index (χ2v) is 9.01. The quantitative estimate of drug-likeness (QED) is 0.397. The molecule has 1 saturated heterocycles. The van der Waals surface area contributed by atoms with Crippen LogP contribution in [0.5, 0.6) is 11.5 Å². The summed E-state index contributed by atoms with van der Waals surface area (Å²) < 4.78 is 6.07. The molecule has 0 atom stereocenters. The van der Waals surface area contributed by atoms with Gasteiger partial charge in [-0.1, -0.05) is 6.07 Å². The number of aromatic nitrogens is 1. The molecule has 4 N–H and O–H groups in total. The van der Waals surface area contributed by atoms with Crippen molar-refractivity contribution in [1.29, 1.82) is 5.41 Å². The van der Waals surface area contributed by atoms with E-state index in [1.54, 1.807) is 6.20 Å². The first-order chi connectivity index (χ1) is 15.6. The Kier molecular flexibility index (Phi) is 5.31. The topological polar surface area (TPSA) is 82.1 Å². The highest BCUT2D eigenvalue weighted by Gasteiger charge is 2.48. The molecule has 0 amide bonds. The minimum absolute atomic E-state index is 0.573. The van der Waals surface area contributed by atoms with Gasteiger partial charge in [0, 0.05) is 73.2 Å². The first-order valence-electron chi connectivity index (χ1n) is 11.1. The predicted octanol–water partition coefficient (Wildman–Crippen LogP) is 5.05. The summed E-state index contributed by atoms with van der Waals surface area (Å²) in [5, 5.41) is 17.7. The average molecular weight is 428 g/mol. The Labute approximate surface area is 188 Å². The van der Waals surface area contributed by atoms with Gasteiger partial charge in [0.25, 0.3) is 0 Å². The number of hydrogen-bond acceptors (Lipinski definition) is 6. The SMILES string of the molecule is CNc1cc(Oc2ccnc(-c3ccc(NC4CC5(CNC5)C4)c(C)c3)c2)ccc1C=N. The summed E-state index contributed by atoms with van der Waals surface area (Å²) in [7, 11) is 1.84. The zero-order valence-corrected chi connectivity index (χ0v) is 18.5. The number of pyridine rings is 1. The zero-order valence-electron chi connectivity index (χ0n) is 18.5. The molecular formula is C26H29N5O. The van der Waals surface area contributed by atoms with Crippen molar-refractivity contribution in [3.05, 3.63) is 65.9 Å². The smallest absolute Gasteiger partial charge is 0.131 e. The number of aryl methyl sites for hydroxylation is 1. The Morgan fingerprint density at radius 2 is 1.88 bits per heavy atom. The van der Waals surface area contributed by atoms with E-state index in [-0.39, 0.29) is 0 Å². The summed E-state index contributed by atoms with van der Waals surface area (Å²) in [4.78, 5) is 4.56. The van der Waals surface area contributed by atoms with Crippen LogP contribution in [0.15, 0.2) is 54.7 Å². The largest absolute Gasteiger partial charge is 0.457 e. The Hall–Kier alpha value is -3.38. The second kappa shape index (κ2) is 8.28. The first-order valence-corrected chi connectivity index (χ1v) is 11.1. The molecule has 2 fully saturated rings. The summed E-state index contributed by atoms with van der Waals surface area (Å²) in [5.74, 6) is 1.45. The van der Waals surface area contributed by atoms with Crippen molar-refractivity contribution in [2.45, 2.75) is 25.8 Å². The number of anilines is 2. The van der Waals surface area contributed by atoms with Crippen molar-refractivity contribution in [3.8, 4) is 22.8 Å². The molecule has 3 aromatic rings. The molecule has 1 aliphatic heterocycles. The number of hydrogen-bond donors (Lipinski definition) is 4. The summed E-state index contributed by atoms with van der Waals surface area (Å²) >= 11 is 0. The fourth-order valence-corrected chi connectivity index (χ4v) is 4.77. The fourth-order valence-electron chi connectivity index (χ4n) is 4.77. The highest BCUT2D eigenvalue weighted by molar-refractivity contribution is 5.86. The molecule has 1 spiro atoms. The van der Waals surface area contributed by atoms with Gasteiger partial charge in [-0.2, -0.15) is 0 Å². The van der Waals surface area contributed by atoms with Crippen molar-refractivity contribution in [3.63, 3.8) is 0 Å². The maximum absolute atomic E-state index is 7.49. The number of benzene rings is 2. The van der Waals surface area contributed by atoms with E-state index >= 15 is 0 Å². The third-order valence-electron chi connectivity index (χ3n) is 6.66. The second-order valence-electron chi connectivity index (χ2n) is 9.01. The molecule has 2 heterocycles. The molecule has 1 aliphatic carbocycles. The van der Waals surface area contributed by atoms with Crippen LogP contribution in [0.1, 0.15) is 24.0 Å². The van der Waals surface area contributed by atoms with Crippen LogP contribution in [0, 0.1) is 17.7 Å². The highest BCUT2D eigenvalue weighted by Crippen LogP contribution is 2.45. The molecule has 0 unspecified atom stereocenters. The standard InChI is InChI=1S/C26H29N5O/c1-17-9-18(4-6-23(17)31-20-12-26(13-20)15-29-16-26)25-11-22(7-8-30-25)32-21-5-3-19(14-27)24(10-21)28-2/h3-11,14,20,27-29,31H,12-13,15-16H2,1-2H3. The van der Waals surface area contributed by atoms with Gasteiger partial charge in [-0.15, -0.1) is 0 Å². The third-order valence-corrected chi connectivity index (χ3v) is 6.66. The van der Waals surface area contributed by atoms with E-state index in [4.69, 9.17) is 10.1 Å². The van der Waals surface area contributed by atoms with Crippen molar-refractivity contribution < 1.29 is 4.74 Å². The Balaban J connectivity index is 1.29. The van der Waals surface area contributed by atoms with E-state index in [1.807, 2.05) is 37.4 Å². The lowest BCUT2D eigenvalue weighted by molar-refractivity contribution is 0.0470. The average Bonchev–Trinajstić information content (AvgIpc) is 2.75. The molecule has 164 valence electrons. The lowest BCUT2D eigenvalue weighted by Crippen LogP contribution is -2.63. The van der Waals surface area contributed by atoms with Gasteiger partial charge in [0.15, 0.2) is 0 Å². The Morgan fingerprint density at radius 3 is 2.56 bits per heavy atom. The van der Waals surface area contributed by atoms with Gasteiger partial charge in [-0.05, 0) is 61.1 Å². The minimum atomic E-state index is 0.573. The summed E-state index contributed by atoms with van der Waals surface area (Å²) in [5.41, 5.74) is 6.64. The van der Waals surface area contributed by atoms with Crippen LogP contribution in [-0.4, -0.2) is 37.4 Å². The molecule has 1 saturated carbocycles. The van der Waals surface area contributed by atoms with Crippen molar-refractivity contribution >= 4 is 17.6 Å². The molecule has 5 rings (SSSR count). The monoisotopic (exact) mass is 427 g/mol. The zero-order chi connectivity index (χ0) is 22.1. The molecular weight excluding hydrogens is 398 g/mol. The number of nitrogens with one attached hydrogen (secondary N) is 4. The van der Waals surface area contributed by atoms with Crippen LogP contribution in [0.25, 0.3) is 11.3 Å². The van der Waals surface area contributed by atoms with E-state index in [0.29, 0.717) is 17.2 Å². The number of rotatable bonds is 7. The molecule has 2 aromatic carbocycles. The minimum Gasteiger partial charge on any atom is -0.457 e. The van der Waals surface area contributed by atoms with Gasteiger partial charge < -0.3 is 26.1 Å². The van der Waals surface area contributed by atoms with Crippen LogP contribution in [0.3, 0.4) is 0 Å². The first kappa shape index (κ1) is 20.5.